The van der Waals surface area contributed by atoms with Crippen molar-refractivity contribution < 1.29 is 9.53 Å². The highest BCUT2D eigenvalue weighted by atomic mass is 16.5. The molecular formula is C18H32O2. The van der Waals surface area contributed by atoms with E-state index in [1.807, 2.05) is 0 Å². The normalized spacial score (nSPS) is 23.9. The van der Waals surface area contributed by atoms with E-state index in [9.17, 15) is 4.79 Å². The van der Waals surface area contributed by atoms with Crippen LogP contribution in [0.3, 0.4) is 0 Å². The molecule has 0 saturated heterocycles. The predicted octanol–water partition coefficient (Wildman–Crippen LogP) is 5.56. The van der Waals surface area contributed by atoms with Crippen molar-refractivity contribution >= 4 is 5.97 Å². The fourth-order valence-electron chi connectivity index (χ4n) is 2.65. The fraction of sp³-hybridized carbons (Fsp3) is 0.833. The zero-order valence-electron chi connectivity index (χ0n) is 13.1. The Bertz CT molecular complexity index is 258. The Hall–Kier alpha value is -0.790. The van der Waals surface area contributed by atoms with Gasteiger partial charge in [0, 0.05) is 6.42 Å². The average Bonchev–Trinajstić information content (AvgIpc) is 2.45. The first-order chi connectivity index (χ1) is 9.89. The van der Waals surface area contributed by atoms with E-state index >= 15 is 0 Å². The molecule has 20 heavy (non-hydrogen) atoms. The van der Waals surface area contributed by atoms with Crippen LogP contribution in [0.15, 0.2) is 12.2 Å². The zero-order valence-corrected chi connectivity index (χ0v) is 13.1. The minimum Gasteiger partial charge on any atom is -0.466 e. The molecule has 1 aliphatic heterocycles. The van der Waals surface area contributed by atoms with Crippen LogP contribution < -0.4 is 0 Å². The molecule has 0 bridgehead atoms. The smallest absolute Gasteiger partial charge is 0.306 e. The lowest BCUT2D eigenvalue weighted by Gasteiger charge is -2.04. The predicted molar refractivity (Wildman–Crippen MR) is 84.7 cm³/mol. The van der Waals surface area contributed by atoms with Crippen molar-refractivity contribution in [3.05, 3.63) is 12.2 Å². The van der Waals surface area contributed by atoms with E-state index in [0.29, 0.717) is 13.0 Å². The van der Waals surface area contributed by atoms with Crippen LogP contribution in [-0.4, -0.2) is 12.6 Å². The molecular weight excluding hydrogens is 248 g/mol. The number of rotatable bonds is 0. The van der Waals surface area contributed by atoms with Gasteiger partial charge in [-0.05, 0) is 25.7 Å². The van der Waals surface area contributed by atoms with Crippen molar-refractivity contribution in [2.45, 2.75) is 89.9 Å². The van der Waals surface area contributed by atoms with Gasteiger partial charge < -0.3 is 4.74 Å². The van der Waals surface area contributed by atoms with Gasteiger partial charge in [0.25, 0.3) is 0 Å². The number of hydrogen-bond acceptors (Lipinski definition) is 2. The van der Waals surface area contributed by atoms with Gasteiger partial charge in [-0.25, -0.2) is 0 Å². The molecule has 0 unspecified atom stereocenters. The average molecular weight is 280 g/mol. The summed E-state index contributed by atoms with van der Waals surface area (Å²) in [5, 5.41) is 0. The van der Waals surface area contributed by atoms with Gasteiger partial charge in [-0.1, -0.05) is 69.9 Å². The largest absolute Gasteiger partial charge is 0.466 e. The van der Waals surface area contributed by atoms with Crippen molar-refractivity contribution in [3.63, 3.8) is 0 Å². The topological polar surface area (TPSA) is 26.3 Å². The highest BCUT2D eigenvalue weighted by Crippen LogP contribution is 2.12. The minimum atomic E-state index is -0.0347. The lowest BCUT2D eigenvalue weighted by Crippen LogP contribution is -2.05. The molecule has 0 fully saturated rings. The number of cyclic esters (lactones) is 1. The highest BCUT2D eigenvalue weighted by molar-refractivity contribution is 5.69. The van der Waals surface area contributed by atoms with E-state index in [4.69, 9.17) is 4.74 Å². The van der Waals surface area contributed by atoms with E-state index in [1.54, 1.807) is 0 Å². The quantitative estimate of drug-likeness (QED) is 0.429. The van der Waals surface area contributed by atoms with Gasteiger partial charge in [-0.2, -0.15) is 0 Å². The fourth-order valence-corrected chi connectivity index (χ4v) is 2.65. The number of esters is 1. The van der Waals surface area contributed by atoms with E-state index in [1.165, 1.54) is 64.2 Å². The molecule has 0 aliphatic carbocycles. The first kappa shape index (κ1) is 17.3. The second-order valence-corrected chi connectivity index (χ2v) is 5.91. The van der Waals surface area contributed by atoms with Gasteiger partial charge in [0.05, 0.1) is 6.61 Å². The van der Waals surface area contributed by atoms with Gasteiger partial charge in [-0.15, -0.1) is 0 Å². The lowest BCUT2D eigenvalue weighted by atomic mass is 10.1. The maximum absolute atomic E-state index is 11.5. The van der Waals surface area contributed by atoms with Crippen LogP contribution >= 0.6 is 0 Å². The van der Waals surface area contributed by atoms with Gasteiger partial charge in [0.15, 0.2) is 0 Å². The van der Waals surface area contributed by atoms with E-state index in [-0.39, 0.29) is 5.97 Å². The maximum Gasteiger partial charge on any atom is 0.306 e. The highest BCUT2D eigenvalue weighted by Gasteiger charge is 2.01. The van der Waals surface area contributed by atoms with Gasteiger partial charge in [0.2, 0.25) is 0 Å². The van der Waals surface area contributed by atoms with Crippen LogP contribution in [-0.2, 0) is 9.53 Å². The molecule has 0 aromatic heterocycles. The summed E-state index contributed by atoms with van der Waals surface area (Å²) in [7, 11) is 0. The third-order valence-corrected chi connectivity index (χ3v) is 3.96. The van der Waals surface area contributed by atoms with Crippen molar-refractivity contribution in [1.82, 2.24) is 0 Å². The first-order valence-electron chi connectivity index (χ1n) is 8.70. The molecule has 0 N–H and O–H groups in total. The molecule has 0 atom stereocenters. The standard InChI is InChI=1S/C18H32O2/c19-18-16-14-12-10-8-6-4-2-1-3-5-7-9-11-13-15-17-20-18/h10,12H,1-9,11,13-17H2/b12-10+. The Morgan fingerprint density at radius 1 is 0.650 bits per heavy atom. The summed E-state index contributed by atoms with van der Waals surface area (Å²) in [6.45, 7) is 0.614. The molecule has 0 saturated carbocycles. The summed E-state index contributed by atoms with van der Waals surface area (Å²) in [4.78, 5) is 11.5. The van der Waals surface area contributed by atoms with Gasteiger partial charge in [-0.3, -0.25) is 4.79 Å². The second-order valence-electron chi connectivity index (χ2n) is 5.91. The molecule has 2 nitrogen and oxygen atoms in total. The summed E-state index contributed by atoms with van der Waals surface area (Å²) in [5.41, 5.74) is 0. The Kier molecular flexibility index (Phi) is 11.4. The molecule has 1 heterocycles. The molecule has 1 rings (SSSR count). The lowest BCUT2D eigenvalue weighted by molar-refractivity contribution is -0.143. The van der Waals surface area contributed by atoms with E-state index in [2.05, 4.69) is 12.2 Å². The van der Waals surface area contributed by atoms with Crippen molar-refractivity contribution in [1.29, 1.82) is 0 Å². The Morgan fingerprint density at radius 2 is 1.15 bits per heavy atom. The SMILES string of the molecule is O=C1CC/C=C/CCCCCCCCCCCCCO1. The van der Waals surface area contributed by atoms with Crippen LogP contribution in [0.1, 0.15) is 89.9 Å². The summed E-state index contributed by atoms with van der Waals surface area (Å²) in [5.74, 6) is -0.0347. The Morgan fingerprint density at radius 3 is 1.80 bits per heavy atom. The number of allylic oxidation sites excluding steroid dienone is 2. The number of carbonyl (C=O) groups is 1. The zero-order chi connectivity index (χ0) is 14.3. The monoisotopic (exact) mass is 280 g/mol. The number of carbonyl (C=O) groups excluding carboxylic acids is 1. The van der Waals surface area contributed by atoms with Gasteiger partial charge in [0.1, 0.15) is 0 Å². The number of hydrogen-bond donors (Lipinski definition) is 0. The maximum atomic E-state index is 11.5. The van der Waals surface area contributed by atoms with Gasteiger partial charge >= 0.3 is 5.97 Å². The molecule has 0 spiro atoms. The summed E-state index contributed by atoms with van der Waals surface area (Å²) < 4.78 is 5.23. The third kappa shape index (κ3) is 11.1. The van der Waals surface area contributed by atoms with Crippen LogP contribution in [0.2, 0.25) is 0 Å². The number of ether oxygens (including phenoxy) is 1. The molecule has 1 aliphatic rings. The minimum absolute atomic E-state index is 0.0347. The molecule has 0 aromatic carbocycles. The molecule has 2 heteroatoms. The van der Waals surface area contributed by atoms with Crippen molar-refractivity contribution in [2.24, 2.45) is 0 Å². The molecule has 116 valence electrons. The van der Waals surface area contributed by atoms with Crippen LogP contribution in [0.5, 0.6) is 0 Å². The summed E-state index contributed by atoms with van der Waals surface area (Å²) in [6, 6.07) is 0. The van der Waals surface area contributed by atoms with Crippen molar-refractivity contribution in [3.8, 4) is 0 Å². The Labute approximate surface area is 125 Å². The molecule has 0 radical (unpaired) electrons. The molecule has 0 amide bonds. The Balaban J connectivity index is 2.16. The van der Waals surface area contributed by atoms with Crippen molar-refractivity contribution in [2.75, 3.05) is 6.61 Å². The second kappa shape index (κ2) is 13.2. The molecule has 0 aromatic rings. The first-order valence-corrected chi connectivity index (χ1v) is 8.70. The van der Waals surface area contributed by atoms with Crippen LogP contribution in [0.4, 0.5) is 0 Å². The van der Waals surface area contributed by atoms with E-state index < -0.39 is 0 Å². The summed E-state index contributed by atoms with van der Waals surface area (Å²) in [6.07, 6.45) is 21.4. The third-order valence-electron chi connectivity index (χ3n) is 3.96. The summed E-state index contributed by atoms with van der Waals surface area (Å²) >= 11 is 0. The van der Waals surface area contributed by atoms with Crippen LogP contribution in [0.25, 0.3) is 0 Å². The van der Waals surface area contributed by atoms with Crippen LogP contribution in [0, 0.1) is 0 Å². The van der Waals surface area contributed by atoms with E-state index in [0.717, 1.165) is 19.3 Å².